The van der Waals surface area contributed by atoms with Gasteiger partial charge < -0.3 is 14.8 Å². The number of pyridine rings is 1. The molecule has 5 aromatic rings. The number of rotatable bonds is 4. The van der Waals surface area contributed by atoms with Crippen LogP contribution in [0.15, 0.2) is 94.9 Å². The average Bonchev–Trinajstić information content (AvgIpc) is 3.24. The third-order valence-electron chi connectivity index (χ3n) is 6.49. The predicted molar refractivity (Wildman–Crippen MR) is 139 cm³/mol. The van der Waals surface area contributed by atoms with Crippen molar-refractivity contribution in [1.29, 1.82) is 0 Å². The summed E-state index contributed by atoms with van der Waals surface area (Å²) in [5, 5.41) is 2.41. The molecule has 5 heteroatoms. The SMILES string of the molecule is CN1CCN(c2ccc(-c3ccc4[nH]c5nccc(Sc6ccccc6)c5c4c3)cc2)CC1. The van der Waals surface area contributed by atoms with Gasteiger partial charge in [-0.2, -0.15) is 0 Å². The van der Waals surface area contributed by atoms with E-state index in [1.165, 1.54) is 37.4 Å². The van der Waals surface area contributed by atoms with Crippen LogP contribution in [-0.2, 0) is 0 Å². The van der Waals surface area contributed by atoms with Gasteiger partial charge in [0.1, 0.15) is 5.65 Å². The Morgan fingerprint density at radius 2 is 1.58 bits per heavy atom. The number of aromatic nitrogens is 2. The molecule has 0 saturated carbocycles. The summed E-state index contributed by atoms with van der Waals surface area (Å²) < 4.78 is 0. The monoisotopic (exact) mass is 450 g/mol. The molecule has 164 valence electrons. The van der Waals surface area contributed by atoms with E-state index >= 15 is 0 Å². The lowest BCUT2D eigenvalue weighted by Gasteiger charge is -2.34. The molecule has 1 N–H and O–H groups in total. The Morgan fingerprint density at radius 3 is 2.36 bits per heavy atom. The molecule has 0 amide bonds. The molecule has 1 saturated heterocycles. The zero-order valence-corrected chi connectivity index (χ0v) is 19.5. The topological polar surface area (TPSA) is 35.2 Å². The van der Waals surface area contributed by atoms with Crippen LogP contribution in [0.25, 0.3) is 33.1 Å². The molecule has 0 bridgehead atoms. The molecule has 33 heavy (non-hydrogen) atoms. The highest BCUT2D eigenvalue weighted by atomic mass is 32.2. The van der Waals surface area contributed by atoms with Gasteiger partial charge in [0.25, 0.3) is 0 Å². The largest absolute Gasteiger partial charge is 0.369 e. The van der Waals surface area contributed by atoms with Gasteiger partial charge in [-0.1, -0.05) is 48.2 Å². The number of fused-ring (bicyclic) bond motifs is 3. The van der Waals surface area contributed by atoms with Crippen molar-refractivity contribution in [2.24, 2.45) is 0 Å². The van der Waals surface area contributed by atoms with E-state index in [0.29, 0.717) is 0 Å². The van der Waals surface area contributed by atoms with Crippen LogP contribution in [0.1, 0.15) is 0 Å². The second-order valence-corrected chi connectivity index (χ2v) is 9.79. The van der Waals surface area contributed by atoms with Crippen molar-refractivity contribution in [2.75, 3.05) is 38.1 Å². The molecular weight excluding hydrogens is 424 g/mol. The van der Waals surface area contributed by atoms with E-state index in [1.807, 2.05) is 6.20 Å². The first kappa shape index (κ1) is 20.3. The average molecular weight is 451 g/mol. The van der Waals surface area contributed by atoms with E-state index in [-0.39, 0.29) is 0 Å². The summed E-state index contributed by atoms with van der Waals surface area (Å²) in [6, 6.07) is 28.3. The normalized spacial score (nSPS) is 14.9. The van der Waals surface area contributed by atoms with E-state index in [9.17, 15) is 0 Å². The summed E-state index contributed by atoms with van der Waals surface area (Å²) in [6.07, 6.45) is 1.89. The lowest BCUT2D eigenvalue weighted by atomic mass is 10.0. The van der Waals surface area contributed by atoms with Gasteiger partial charge in [0.15, 0.2) is 0 Å². The third kappa shape index (κ3) is 3.99. The molecule has 0 aliphatic carbocycles. The molecule has 1 aliphatic rings. The Kier molecular flexibility index (Phi) is 5.29. The minimum Gasteiger partial charge on any atom is -0.369 e. The van der Waals surface area contributed by atoms with Crippen LogP contribution in [0.2, 0.25) is 0 Å². The Bertz CT molecular complexity index is 1400. The molecule has 1 aliphatic heterocycles. The standard InChI is InChI=1S/C28H26N4S/c1-31-15-17-32(18-16-31)22-10-7-20(8-11-22)21-9-12-25-24(19-21)27-26(13-14-29-28(27)30-25)33-23-5-3-2-4-6-23/h2-14,19H,15-18H2,1H3,(H,29,30). The molecule has 4 nitrogen and oxygen atoms in total. The Labute approximate surface area is 198 Å². The van der Waals surface area contributed by atoms with Gasteiger partial charge in [0.05, 0.1) is 0 Å². The van der Waals surface area contributed by atoms with Crippen molar-refractivity contribution in [3.8, 4) is 11.1 Å². The van der Waals surface area contributed by atoms with Gasteiger partial charge in [-0.25, -0.2) is 4.98 Å². The predicted octanol–water partition coefficient (Wildman–Crippen LogP) is 6.29. The number of nitrogens with zero attached hydrogens (tertiary/aromatic N) is 3. The summed E-state index contributed by atoms with van der Waals surface area (Å²) in [4.78, 5) is 15.4. The highest BCUT2D eigenvalue weighted by molar-refractivity contribution is 7.99. The zero-order chi connectivity index (χ0) is 22.2. The maximum atomic E-state index is 4.61. The molecule has 0 radical (unpaired) electrons. The Morgan fingerprint density at radius 1 is 0.818 bits per heavy atom. The number of hydrogen-bond acceptors (Lipinski definition) is 4. The van der Waals surface area contributed by atoms with E-state index in [2.05, 4.69) is 106 Å². The minimum absolute atomic E-state index is 0.938. The molecular formula is C28H26N4S. The van der Waals surface area contributed by atoms with Crippen LogP contribution in [0.5, 0.6) is 0 Å². The fourth-order valence-corrected chi connectivity index (χ4v) is 5.58. The molecule has 3 aromatic carbocycles. The summed E-state index contributed by atoms with van der Waals surface area (Å²) in [6.45, 7) is 4.42. The van der Waals surface area contributed by atoms with Gasteiger partial charge in [0, 0.05) is 64.1 Å². The van der Waals surface area contributed by atoms with Gasteiger partial charge in [-0.15, -0.1) is 0 Å². The van der Waals surface area contributed by atoms with Gasteiger partial charge in [-0.3, -0.25) is 0 Å². The van der Waals surface area contributed by atoms with E-state index < -0.39 is 0 Å². The van der Waals surface area contributed by atoms with Crippen molar-refractivity contribution < 1.29 is 0 Å². The van der Waals surface area contributed by atoms with Crippen LogP contribution >= 0.6 is 11.8 Å². The van der Waals surface area contributed by atoms with Crippen LogP contribution in [-0.4, -0.2) is 48.1 Å². The number of anilines is 1. The lowest BCUT2D eigenvalue weighted by Crippen LogP contribution is -2.44. The quantitative estimate of drug-likeness (QED) is 0.349. The van der Waals surface area contributed by atoms with Gasteiger partial charge in [0.2, 0.25) is 0 Å². The third-order valence-corrected chi connectivity index (χ3v) is 7.56. The van der Waals surface area contributed by atoms with Gasteiger partial charge >= 0.3 is 0 Å². The van der Waals surface area contributed by atoms with E-state index in [0.717, 1.165) is 37.3 Å². The maximum absolute atomic E-state index is 4.61. The van der Waals surface area contributed by atoms with Crippen LogP contribution in [0.4, 0.5) is 5.69 Å². The van der Waals surface area contributed by atoms with Gasteiger partial charge in [-0.05, 0) is 60.6 Å². The zero-order valence-electron chi connectivity index (χ0n) is 18.7. The summed E-state index contributed by atoms with van der Waals surface area (Å²) >= 11 is 1.79. The molecule has 0 spiro atoms. The Hall–Kier alpha value is -3.28. The number of benzene rings is 3. The summed E-state index contributed by atoms with van der Waals surface area (Å²) in [5.41, 5.74) is 5.84. The highest BCUT2D eigenvalue weighted by Crippen LogP contribution is 2.38. The molecule has 2 aromatic heterocycles. The fraction of sp³-hybridized carbons (Fsp3) is 0.179. The number of likely N-dealkylation sites (N-methyl/N-ethyl adjacent to an activating group) is 1. The van der Waals surface area contributed by atoms with Crippen molar-refractivity contribution in [3.63, 3.8) is 0 Å². The smallest absolute Gasteiger partial charge is 0.139 e. The molecule has 0 atom stereocenters. The first-order chi connectivity index (χ1) is 16.2. The number of nitrogens with one attached hydrogen (secondary N) is 1. The van der Waals surface area contributed by atoms with Crippen LogP contribution in [0.3, 0.4) is 0 Å². The van der Waals surface area contributed by atoms with Crippen LogP contribution in [0, 0.1) is 0 Å². The first-order valence-electron chi connectivity index (χ1n) is 11.4. The number of piperazine rings is 1. The highest BCUT2D eigenvalue weighted by Gasteiger charge is 2.15. The summed E-state index contributed by atoms with van der Waals surface area (Å²) in [7, 11) is 2.20. The lowest BCUT2D eigenvalue weighted by molar-refractivity contribution is 0.313. The molecule has 0 unspecified atom stereocenters. The van der Waals surface area contributed by atoms with Crippen molar-refractivity contribution in [3.05, 3.63) is 85.1 Å². The van der Waals surface area contributed by atoms with Crippen molar-refractivity contribution in [2.45, 2.75) is 9.79 Å². The minimum atomic E-state index is 0.938. The Balaban J connectivity index is 1.36. The first-order valence-corrected chi connectivity index (χ1v) is 12.2. The van der Waals surface area contributed by atoms with E-state index in [4.69, 9.17) is 0 Å². The second kappa shape index (κ2) is 8.58. The number of H-pyrrole nitrogens is 1. The maximum Gasteiger partial charge on any atom is 0.139 e. The molecule has 1 fully saturated rings. The summed E-state index contributed by atoms with van der Waals surface area (Å²) in [5.74, 6) is 0. The fourth-order valence-electron chi connectivity index (χ4n) is 4.60. The molecule has 6 rings (SSSR count). The van der Waals surface area contributed by atoms with Crippen molar-refractivity contribution >= 4 is 39.4 Å². The molecule has 3 heterocycles. The van der Waals surface area contributed by atoms with Crippen LogP contribution < -0.4 is 4.90 Å². The van der Waals surface area contributed by atoms with E-state index in [1.54, 1.807) is 11.8 Å². The number of hydrogen-bond donors (Lipinski definition) is 1. The second-order valence-electron chi connectivity index (χ2n) is 8.67. The van der Waals surface area contributed by atoms with Crippen molar-refractivity contribution in [1.82, 2.24) is 14.9 Å². The number of aromatic amines is 1.